The Morgan fingerprint density at radius 3 is 3.08 bits per heavy atom. The molecule has 0 saturated carbocycles. The van der Waals surface area contributed by atoms with Crippen molar-refractivity contribution >= 4 is 17.4 Å². The Morgan fingerprint density at radius 2 is 2.54 bits per heavy atom. The summed E-state index contributed by atoms with van der Waals surface area (Å²) < 4.78 is 1.71. The van der Waals surface area contributed by atoms with Gasteiger partial charge in [0.05, 0.1) is 23.3 Å². The molecule has 0 aliphatic heterocycles. The van der Waals surface area contributed by atoms with E-state index in [1.807, 2.05) is 6.92 Å². The fraction of sp³-hybridized carbons (Fsp3) is 0.429. The fourth-order valence-electron chi connectivity index (χ4n) is 1.04. The summed E-state index contributed by atoms with van der Waals surface area (Å²) in [6.45, 7) is 2.65. The molecule has 0 unspecified atom stereocenters. The van der Waals surface area contributed by atoms with E-state index in [2.05, 4.69) is 10.3 Å². The van der Waals surface area contributed by atoms with E-state index < -0.39 is 0 Å². The highest BCUT2D eigenvalue weighted by atomic mass is 35.5. The molecule has 0 aliphatic rings. The van der Waals surface area contributed by atoms with Crippen molar-refractivity contribution in [1.29, 1.82) is 0 Å². The molecule has 6 heteroatoms. The van der Waals surface area contributed by atoms with Gasteiger partial charge in [0, 0.05) is 6.54 Å². The summed E-state index contributed by atoms with van der Waals surface area (Å²) >= 11 is 5.85. The Hall–Kier alpha value is -1.23. The molecule has 1 aromatic rings. The lowest BCUT2D eigenvalue weighted by molar-refractivity contribution is 0.317. The summed E-state index contributed by atoms with van der Waals surface area (Å²) in [7, 11) is 0. The summed E-state index contributed by atoms with van der Waals surface area (Å²) in [5, 5.41) is 15.8. The minimum absolute atomic E-state index is 0.122. The fourth-order valence-corrected chi connectivity index (χ4v) is 1.25. The van der Waals surface area contributed by atoms with Gasteiger partial charge < -0.3 is 10.9 Å². The largest absolute Gasteiger partial charge is 0.409 e. The van der Waals surface area contributed by atoms with Crippen molar-refractivity contribution in [3.05, 3.63) is 16.9 Å². The first-order valence-corrected chi connectivity index (χ1v) is 4.23. The van der Waals surface area contributed by atoms with E-state index in [-0.39, 0.29) is 5.84 Å². The summed E-state index contributed by atoms with van der Waals surface area (Å²) in [6, 6.07) is 0. The van der Waals surface area contributed by atoms with Gasteiger partial charge in [-0.15, -0.1) is 0 Å². The van der Waals surface area contributed by atoms with E-state index in [0.717, 1.165) is 5.69 Å². The van der Waals surface area contributed by atoms with E-state index >= 15 is 0 Å². The van der Waals surface area contributed by atoms with Crippen LogP contribution in [0.3, 0.4) is 0 Å². The van der Waals surface area contributed by atoms with Crippen LogP contribution in [0.25, 0.3) is 0 Å². The lowest BCUT2D eigenvalue weighted by Gasteiger charge is -2.03. The van der Waals surface area contributed by atoms with Crippen LogP contribution in [0.4, 0.5) is 0 Å². The zero-order valence-corrected chi connectivity index (χ0v) is 7.99. The van der Waals surface area contributed by atoms with E-state index in [1.165, 1.54) is 0 Å². The number of hydrogen-bond acceptors (Lipinski definition) is 3. The van der Waals surface area contributed by atoms with Crippen molar-refractivity contribution in [3.8, 4) is 0 Å². The molecule has 3 N–H and O–H groups in total. The molecule has 0 aromatic carbocycles. The number of nitrogens with zero attached hydrogens (tertiary/aromatic N) is 3. The second kappa shape index (κ2) is 4.13. The summed E-state index contributed by atoms with van der Waals surface area (Å²) in [4.78, 5) is 0. The highest BCUT2D eigenvalue weighted by Crippen LogP contribution is 2.15. The number of oxime groups is 1. The lowest BCUT2D eigenvalue weighted by Crippen LogP contribution is -2.17. The molecule has 5 nitrogen and oxygen atoms in total. The molecule has 0 spiro atoms. The molecule has 1 heterocycles. The van der Waals surface area contributed by atoms with Crippen molar-refractivity contribution < 1.29 is 5.21 Å². The second-order valence-corrected chi connectivity index (χ2v) is 2.93. The first-order valence-electron chi connectivity index (χ1n) is 3.85. The predicted octanol–water partition coefficient (Wildman–Crippen LogP) is 0.845. The van der Waals surface area contributed by atoms with Crippen LogP contribution in [0.2, 0.25) is 5.02 Å². The van der Waals surface area contributed by atoms with Gasteiger partial charge in [-0.05, 0) is 6.92 Å². The molecule has 1 rings (SSSR count). The van der Waals surface area contributed by atoms with Gasteiger partial charge in [-0.1, -0.05) is 16.8 Å². The van der Waals surface area contributed by atoms with Crippen LogP contribution >= 0.6 is 11.6 Å². The Labute approximate surface area is 80.8 Å². The van der Waals surface area contributed by atoms with Crippen LogP contribution in [-0.4, -0.2) is 20.8 Å². The van der Waals surface area contributed by atoms with Gasteiger partial charge in [-0.3, -0.25) is 4.68 Å². The van der Waals surface area contributed by atoms with Gasteiger partial charge in [0.1, 0.15) is 5.84 Å². The van der Waals surface area contributed by atoms with Crippen molar-refractivity contribution in [2.75, 3.05) is 0 Å². The molecule has 0 radical (unpaired) electrons. The zero-order valence-electron chi connectivity index (χ0n) is 7.24. The molecule has 1 aromatic heterocycles. The highest BCUT2D eigenvalue weighted by Gasteiger charge is 2.09. The van der Waals surface area contributed by atoms with E-state index in [1.54, 1.807) is 10.9 Å². The Bertz CT molecular complexity index is 320. The van der Waals surface area contributed by atoms with E-state index in [4.69, 9.17) is 22.5 Å². The Balaban J connectivity index is 2.91. The topological polar surface area (TPSA) is 76.4 Å². The minimum atomic E-state index is 0.122. The normalized spacial score (nSPS) is 12.0. The van der Waals surface area contributed by atoms with Gasteiger partial charge in [0.2, 0.25) is 0 Å². The molecule has 13 heavy (non-hydrogen) atoms. The lowest BCUT2D eigenvalue weighted by atomic mass is 10.3. The molecular formula is C7H11ClN4O. The monoisotopic (exact) mass is 202 g/mol. The number of rotatable bonds is 3. The quantitative estimate of drug-likeness (QED) is 0.330. The maximum absolute atomic E-state index is 8.38. The average Bonchev–Trinajstić information content (AvgIpc) is 2.48. The number of aromatic nitrogens is 2. The number of aryl methyl sites for hydroxylation is 1. The van der Waals surface area contributed by atoms with Gasteiger partial charge in [0.25, 0.3) is 0 Å². The van der Waals surface area contributed by atoms with Crippen LogP contribution in [0.5, 0.6) is 0 Å². The van der Waals surface area contributed by atoms with E-state index in [9.17, 15) is 0 Å². The Morgan fingerprint density at radius 1 is 1.85 bits per heavy atom. The first-order chi connectivity index (χ1) is 6.19. The maximum Gasteiger partial charge on any atom is 0.145 e. The number of hydrogen-bond donors (Lipinski definition) is 2. The van der Waals surface area contributed by atoms with Gasteiger partial charge in [0.15, 0.2) is 0 Å². The van der Waals surface area contributed by atoms with Gasteiger partial charge in [-0.25, -0.2) is 0 Å². The molecule has 0 fully saturated rings. The van der Waals surface area contributed by atoms with Crippen molar-refractivity contribution in [2.24, 2.45) is 10.9 Å². The molecule has 0 saturated heterocycles. The molecule has 72 valence electrons. The average molecular weight is 203 g/mol. The van der Waals surface area contributed by atoms with Gasteiger partial charge >= 0.3 is 0 Å². The number of amidine groups is 1. The summed E-state index contributed by atoms with van der Waals surface area (Å²) in [5.41, 5.74) is 6.12. The summed E-state index contributed by atoms with van der Waals surface area (Å²) in [5.74, 6) is 0.122. The number of halogens is 1. The van der Waals surface area contributed by atoms with Crippen molar-refractivity contribution in [1.82, 2.24) is 9.78 Å². The smallest absolute Gasteiger partial charge is 0.145 e. The third-order valence-electron chi connectivity index (χ3n) is 1.67. The third kappa shape index (κ3) is 2.12. The van der Waals surface area contributed by atoms with Crippen LogP contribution in [0.15, 0.2) is 11.4 Å². The molecule has 0 aliphatic carbocycles. The zero-order chi connectivity index (χ0) is 9.84. The molecule has 0 bridgehead atoms. The summed E-state index contributed by atoms with van der Waals surface area (Å²) in [6.07, 6.45) is 1.86. The van der Waals surface area contributed by atoms with Crippen molar-refractivity contribution in [2.45, 2.75) is 19.9 Å². The van der Waals surface area contributed by atoms with Crippen LogP contribution in [0, 0.1) is 0 Å². The van der Waals surface area contributed by atoms with Crippen molar-refractivity contribution in [3.63, 3.8) is 0 Å². The van der Waals surface area contributed by atoms with Gasteiger partial charge in [-0.2, -0.15) is 5.10 Å². The third-order valence-corrected chi connectivity index (χ3v) is 1.99. The molecular weight excluding hydrogens is 192 g/mol. The maximum atomic E-state index is 8.38. The SMILES string of the molecule is CCn1ncc(Cl)c1C/C(N)=N/O. The van der Waals surface area contributed by atoms with E-state index in [0.29, 0.717) is 18.0 Å². The highest BCUT2D eigenvalue weighted by molar-refractivity contribution is 6.31. The second-order valence-electron chi connectivity index (χ2n) is 2.52. The first kappa shape index (κ1) is 9.85. The predicted molar refractivity (Wildman–Crippen MR) is 50.0 cm³/mol. The van der Waals surface area contributed by atoms with Crippen LogP contribution in [0.1, 0.15) is 12.6 Å². The standard InChI is InChI=1S/C7H11ClN4O/c1-2-12-6(3-7(9)11-13)5(8)4-10-12/h4,13H,2-3H2,1H3,(H2,9,11). The van der Waals surface area contributed by atoms with Crippen LogP contribution < -0.4 is 5.73 Å². The minimum Gasteiger partial charge on any atom is -0.409 e. The van der Waals surface area contributed by atoms with Crippen LogP contribution in [-0.2, 0) is 13.0 Å². The molecule has 0 amide bonds. The molecule has 0 atom stereocenters. The number of nitrogens with two attached hydrogens (primary N) is 1. The Kier molecular flexibility index (Phi) is 3.13.